The molecule has 0 unspecified atom stereocenters. The van der Waals surface area contributed by atoms with Gasteiger partial charge in [-0.25, -0.2) is 0 Å². The van der Waals surface area contributed by atoms with E-state index in [2.05, 4.69) is 26.5 Å². The molecule has 0 spiro atoms. The van der Waals surface area contributed by atoms with Crippen molar-refractivity contribution in [2.45, 2.75) is 99.8 Å². The van der Waals surface area contributed by atoms with Crippen LogP contribution in [0.3, 0.4) is 0 Å². The SMILES string of the molecule is CCCCCCC[CH2][Sn][CH2]CCCCCCC.O=C(O)CS. The van der Waals surface area contributed by atoms with Crippen LogP contribution in [0.4, 0.5) is 0 Å². The van der Waals surface area contributed by atoms with Crippen LogP contribution in [-0.4, -0.2) is 38.0 Å². The Kier molecular flexibility index (Phi) is 27.0. The third-order valence-corrected chi connectivity index (χ3v) is 7.86. The van der Waals surface area contributed by atoms with E-state index in [1.54, 1.807) is 21.7 Å². The van der Waals surface area contributed by atoms with Gasteiger partial charge < -0.3 is 5.11 Å². The van der Waals surface area contributed by atoms with Crippen LogP contribution in [0, 0.1) is 0 Å². The average Bonchev–Trinajstić information content (AvgIpc) is 2.52. The fraction of sp³-hybridized carbons (Fsp3) is 0.944. The van der Waals surface area contributed by atoms with Gasteiger partial charge in [0.1, 0.15) is 0 Å². The van der Waals surface area contributed by atoms with E-state index in [0.717, 1.165) is 0 Å². The van der Waals surface area contributed by atoms with E-state index in [0.29, 0.717) is 0 Å². The van der Waals surface area contributed by atoms with Crippen molar-refractivity contribution in [3.8, 4) is 0 Å². The van der Waals surface area contributed by atoms with Crippen molar-refractivity contribution in [2.75, 3.05) is 5.75 Å². The van der Waals surface area contributed by atoms with E-state index in [1.165, 1.54) is 64.2 Å². The second-order valence-corrected chi connectivity index (χ2v) is 10.4. The van der Waals surface area contributed by atoms with Crippen molar-refractivity contribution >= 4 is 39.7 Å². The zero-order valence-electron chi connectivity index (χ0n) is 14.9. The molecule has 132 valence electrons. The Balaban J connectivity index is 0. The maximum Gasteiger partial charge on any atom is 0.313 e. The Morgan fingerprint density at radius 1 is 0.773 bits per heavy atom. The maximum atomic E-state index is 9.29. The van der Waals surface area contributed by atoms with E-state index in [1.807, 2.05) is 0 Å². The van der Waals surface area contributed by atoms with Gasteiger partial charge in [0.2, 0.25) is 0 Å². The summed E-state index contributed by atoms with van der Waals surface area (Å²) in [6.45, 7) is 4.60. The molecule has 0 amide bonds. The molecule has 2 radical (unpaired) electrons. The van der Waals surface area contributed by atoms with Crippen LogP contribution in [0.15, 0.2) is 0 Å². The summed E-state index contributed by atoms with van der Waals surface area (Å²) in [4.78, 5) is 9.29. The second-order valence-electron chi connectivity index (χ2n) is 5.84. The first-order valence-electron chi connectivity index (χ1n) is 9.22. The van der Waals surface area contributed by atoms with Gasteiger partial charge in [-0.15, -0.1) is 0 Å². The fourth-order valence-corrected chi connectivity index (χ4v) is 5.75. The molecule has 0 rings (SSSR count). The first kappa shape index (κ1) is 24.9. The number of aliphatic carboxylic acids is 1. The summed E-state index contributed by atoms with van der Waals surface area (Å²) in [6.07, 6.45) is 17.8. The molecule has 0 aliphatic carbocycles. The molecular formula is C18H38O2SSn. The number of hydrogen-bond donors (Lipinski definition) is 2. The van der Waals surface area contributed by atoms with Gasteiger partial charge in [0.05, 0.1) is 5.75 Å². The third-order valence-electron chi connectivity index (χ3n) is 3.55. The molecule has 0 aliphatic rings. The second kappa shape index (κ2) is 23.9. The van der Waals surface area contributed by atoms with E-state index >= 15 is 0 Å². The monoisotopic (exact) mass is 438 g/mol. The Bertz CT molecular complexity index is 199. The number of rotatable bonds is 15. The van der Waals surface area contributed by atoms with Crippen LogP contribution in [0.2, 0.25) is 8.87 Å². The number of carboxylic acid groups (broad SMARTS) is 1. The van der Waals surface area contributed by atoms with E-state index in [4.69, 9.17) is 5.11 Å². The van der Waals surface area contributed by atoms with Gasteiger partial charge in [0, 0.05) is 0 Å². The zero-order valence-corrected chi connectivity index (χ0v) is 18.7. The van der Waals surface area contributed by atoms with Gasteiger partial charge in [-0.1, -0.05) is 0 Å². The van der Waals surface area contributed by atoms with Crippen LogP contribution >= 0.6 is 12.6 Å². The number of hydrogen-bond acceptors (Lipinski definition) is 2. The quantitative estimate of drug-likeness (QED) is 0.181. The molecule has 1 N–H and O–H groups in total. The van der Waals surface area contributed by atoms with Crippen LogP contribution in [-0.2, 0) is 4.79 Å². The van der Waals surface area contributed by atoms with E-state index in [-0.39, 0.29) is 26.9 Å². The first-order chi connectivity index (χ1) is 10.7. The van der Waals surface area contributed by atoms with Gasteiger partial charge in [-0.05, 0) is 0 Å². The standard InChI is InChI=1S/2C8H17.C2H4O2S.Sn/c2*1-3-5-7-8-6-4-2;3-2(4)1-5;/h2*1,3-8H2,2H3;5H,1H2,(H,3,4);. The average molecular weight is 437 g/mol. The summed E-state index contributed by atoms with van der Waals surface area (Å²) in [5.41, 5.74) is 0. The third kappa shape index (κ3) is 28.7. The van der Waals surface area contributed by atoms with Gasteiger partial charge in [0.25, 0.3) is 0 Å². The summed E-state index contributed by atoms with van der Waals surface area (Å²) in [5.74, 6) is -0.965. The molecule has 0 aromatic heterocycles. The topological polar surface area (TPSA) is 37.3 Å². The van der Waals surface area contributed by atoms with Gasteiger partial charge >= 0.3 is 127 Å². The molecular weight excluding hydrogens is 399 g/mol. The molecule has 0 aromatic rings. The minimum absolute atomic E-state index is 0.0736. The van der Waals surface area contributed by atoms with Crippen molar-refractivity contribution in [3.63, 3.8) is 0 Å². The van der Waals surface area contributed by atoms with Crippen LogP contribution in [0.5, 0.6) is 0 Å². The summed E-state index contributed by atoms with van der Waals surface area (Å²) < 4.78 is 3.31. The van der Waals surface area contributed by atoms with Crippen molar-refractivity contribution in [3.05, 3.63) is 0 Å². The number of carboxylic acids is 1. The summed E-state index contributed by atoms with van der Waals surface area (Å²) >= 11 is 3.49. The minimum Gasteiger partial charge on any atom is -0.481 e. The molecule has 0 fully saturated rings. The molecule has 22 heavy (non-hydrogen) atoms. The smallest absolute Gasteiger partial charge is 0.313 e. The normalized spacial score (nSPS) is 10.1. The van der Waals surface area contributed by atoms with Crippen molar-refractivity contribution in [1.82, 2.24) is 0 Å². The largest absolute Gasteiger partial charge is 0.481 e. The van der Waals surface area contributed by atoms with Crippen LogP contribution in [0.1, 0.15) is 90.9 Å². The molecule has 0 aromatic carbocycles. The van der Waals surface area contributed by atoms with Gasteiger partial charge in [-0.2, -0.15) is 12.6 Å². The number of unbranched alkanes of at least 4 members (excludes halogenated alkanes) is 10. The predicted octanol–water partition coefficient (Wildman–Crippen LogP) is 6.25. The Morgan fingerprint density at radius 3 is 1.41 bits per heavy atom. The molecule has 0 saturated heterocycles. The molecule has 0 heterocycles. The Labute approximate surface area is 154 Å². The maximum absolute atomic E-state index is 9.29. The molecule has 0 bridgehead atoms. The first-order valence-corrected chi connectivity index (χ1v) is 13.9. The number of thiol groups is 1. The van der Waals surface area contributed by atoms with Crippen LogP contribution < -0.4 is 0 Å². The minimum atomic E-state index is -0.881. The molecule has 0 aliphatic heterocycles. The summed E-state index contributed by atoms with van der Waals surface area (Å²) in [7, 11) is 0. The van der Waals surface area contributed by atoms with Crippen molar-refractivity contribution in [2.24, 2.45) is 0 Å². The predicted molar refractivity (Wildman–Crippen MR) is 104 cm³/mol. The molecule has 0 atom stereocenters. The summed E-state index contributed by atoms with van der Waals surface area (Å²) in [5, 5.41) is 7.65. The Hall–Kier alpha value is 0.619. The van der Waals surface area contributed by atoms with E-state index < -0.39 is 5.97 Å². The molecule has 2 nitrogen and oxygen atoms in total. The zero-order chi connectivity index (χ0) is 16.9. The molecule has 4 heteroatoms. The van der Waals surface area contributed by atoms with Gasteiger partial charge in [-0.3, -0.25) is 4.79 Å². The van der Waals surface area contributed by atoms with E-state index in [9.17, 15) is 4.79 Å². The molecule has 0 saturated carbocycles. The van der Waals surface area contributed by atoms with Crippen molar-refractivity contribution < 1.29 is 9.90 Å². The number of carbonyl (C=O) groups is 1. The fourth-order valence-electron chi connectivity index (χ4n) is 2.19. The Morgan fingerprint density at radius 2 is 1.09 bits per heavy atom. The van der Waals surface area contributed by atoms with Crippen molar-refractivity contribution in [1.29, 1.82) is 0 Å². The summed E-state index contributed by atoms with van der Waals surface area (Å²) in [6, 6.07) is 0. The van der Waals surface area contributed by atoms with Crippen LogP contribution in [0.25, 0.3) is 0 Å². The van der Waals surface area contributed by atoms with Gasteiger partial charge in [0.15, 0.2) is 0 Å².